The van der Waals surface area contributed by atoms with Gasteiger partial charge in [0.15, 0.2) is 0 Å². The van der Waals surface area contributed by atoms with E-state index < -0.39 is 5.82 Å². The summed E-state index contributed by atoms with van der Waals surface area (Å²) in [6, 6.07) is 3.97. The Morgan fingerprint density at radius 3 is 2.93 bits per heavy atom. The van der Waals surface area contributed by atoms with Crippen LogP contribution in [0.5, 0.6) is 0 Å². The van der Waals surface area contributed by atoms with Crippen molar-refractivity contribution in [2.45, 2.75) is 6.42 Å². The summed E-state index contributed by atoms with van der Waals surface area (Å²) < 4.78 is 13.1. The van der Waals surface area contributed by atoms with Gasteiger partial charge >= 0.3 is 0 Å². The van der Waals surface area contributed by atoms with Crippen LogP contribution in [-0.4, -0.2) is 18.0 Å². The predicted molar refractivity (Wildman–Crippen MR) is 50.4 cm³/mol. The van der Waals surface area contributed by atoms with Gasteiger partial charge < -0.3 is 5.11 Å². The maximum absolute atomic E-state index is 13.1. The van der Waals surface area contributed by atoms with Crippen LogP contribution in [0.25, 0.3) is 0 Å². The first kappa shape index (κ1) is 10.4. The molecule has 2 nitrogen and oxygen atoms in total. The first-order chi connectivity index (χ1) is 6.77. The predicted octanol–water partition coefficient (Wildman–Crippen LogP) is 1.37. The van der Waals surface area contributed by atoms with E-state index in [0.717, 1.165) is 0 Å². The Balaban J connectivity index is 2.96. The van der Waals surface area contributed by atoms with Gasteiger partial charge in [-0.1, -0.05) is 11.8 Å². The van der Waals surface area contributed by atoms with Gasteiger partial charge in [-0.3, -0.25) is 4.79 Å². The molecule has 0 saturated heterocycles. The van der Waals surface area contributed by atoms with Crippen molar-refractivity contribution in [2.75, 3.05) is 6.61 Å². The Hall–Kier alpha value is -1.66. The molecule has 0 aromatic heterocycles. The molecule has 0 aliphatic heterocycles. The zero-order chi connectivity index (χ0) is 10.4. The second-order valence-corrected chi connectivity index (χ2v) is 2.63. The summed E-state index contributed by atoms with van der Waals surface area (Å²) >= 11 is 0. The van der Waals surface area contributed by atoms with E-state index in [1.807, 2.05) is 0 Å². The summed E-state index contributed by atoms with van der Waals surface area (Å²) in [6.45, 7) is -0.0536. The van der Waals surface area contributed by atoms with Crippen molar-refractivity contribution in [2.24, 2.45) is 0 Å². The molecule has 0 amide bonds. The Morgan fingerprint density at radius 1 is 1.50 bits per heavy atom. The summed E-state index contributed by atoms with van der Waals surface area (Å²) in [5, 5.41) is 8.46. The van der Waals surface area contributed by atoms with Crippen molar-refractivity contribution in [3.63, 3.8) is 0 Å². The minimum absolute atomic E-state index is 0.0536. The zero-order valence-electron chi connectivity index (χ0n) is 7.46. The van der Waals surface area contributed by atoms with Crippen LogP contribution >= 0.6 is 0 Å². The van der Waals surface area contributed by atoms with Crippen LogP contribution in [0.15, 0.2) is 18.2 Å². The molecule has 3 heteroatoms. The molecule has 0 aliphatic carbocycles. The first-order valence-corrected chi connectivity index (χ1v) is 4.12. The molecule has 0 spiro atoms. The molecule has 1 N–H and O–H groups in total. The number of rotatable bonds is 2. The van der Waals surface area contributed by atoms with E-state index in [-0.39, 0.29) is 12.2 Å². The monoisotopic (exact) mass is 192 g/mol. The number of aliphatic hydroxyl groups is 1. The van der Waals surface area contributed by atoms with Gasteiger partial charge in [0, 0.05) is 12.0 Å². The lowest BCUT2D eigenvalue weighted by atomic mass is 10.1. The molecule has 0 aliphatic rings. The largest absolute Gasteiger partial charge is 0.395 e. The molecule has 72 valence electrons. The van der Waals surface area contributed by atoms with Crippen LogP contribution in [0, 0.1) is 17.7 Å². The molecule has 0 radical (unpaired) electrons. The fourth-order valence-corrected chi connectivity index (χ4v) is 0.926. The number of hydrogen-bond acceptors (Lipinski definition) is 2. The third-order valence-electron chi connectivity index (χ3n) is 1.59. The first-order valence-electron chi connectivity index (χ1n) is 4.12. The molecule has 1 aromatic carbocycles. The lowest BCUT2D eigenvalue weighted by molar-refractivity contribution is 0.112. The van der Waals surface area contributed by atoms with Crippen molar-refractivity contribution < 1.29 is 14.3 Å². The molecular formula is C11H9FO2. The van der Waals surface area contributed by atoms with Crippen LogP contribution in [0.3, 0.4) is 0 Å². The fraction of sp³-hybridized carbons (Fsp3) is 0.182. The molecule has 1 rings (SSSR count). The topological polar surface area (TPSA) is 37.3 Å². The van der Waals surface area contributed by atoms with Crippen molar-refractivity contribution in [3.05, 3.63) is 35.1 Å². The van der Waals surface area contributed by atoms with E-state index >= 15 is 0 Å². The van der Waals surface area contributed by atoms with Gasteiger partial charge in [-0.15, -0.1) is 0 Å². The smallest absolute Gasteiger partial charge is 0.150 e. The van der Waals surface area contributed by atoms with E-state index in [1.54, 1.807) is 0 Å². The minimum atomic E-state index is -0.457. The van der Waals surface area contributed by atoms with Gasteiger partial charge in [0.05, 0.1) is 12.2 Å². The molecule has 0 unspecified atom stereocenters. The quantitative estimate of drug-likeness (QED) is 0.567. The number of carbonyl (C=O) groups is 1. The lowest BCUT2D eigenvalue weighted by Gasteiger charge is -1.94. The van der Waals surface area contributed by atoms with Gasteiger partial charge in [-0.2, -0.15) is 0 Å². The zero-order valence-corrected chi connectivity index (χ0v) is 7.46. The highest BCUT2D eigenvalue weighted by molar-refractivity contribution is 5.75. The van der Waals surface area contributed by atoms with E-state index in [1.165, 1.54) is 18.2 Å². The van der Waals surface area contributed by atoms with Crippen molar-refractivity contribution >= 4 is 6.29 Å². The Kier molecular flexibility index (Phi) is 3.84. The van der Waals surface area contributed by atoms with Crippen molar-refractivity contribution in [1.82, 2.24) is 0 Å². The number of halogens is 1. The summed E-state index contributed by atoms with van der Waals surface area (Å²) in [5.74, 6) is 4.67. The van der Waals surface area contributed by atoms with Gasteiger partial charge in [0.2, 0.25) is 0 Å². The molecule has 0 saturated carbocycles. The Morgan fingerprint density at radius 2 is 2.29 bits per heavy atom. The number of carbonyl (C=O) groups excluding carboxylic acids is 1. The van der Waals surface area contributed by atoms with Crippen LogP contribution in [0.1, 0.15) is 22.3 Å². The summed E-state index contributed by atoms with van der Waals surface area (Å²) in [7, 11) is 0. The number of aldehydes is 1. The Bertz CT molecular complexity index is 388. The van der Waals surface area contributed by atoms with Crippen LogP contribution in [0.4, 0.5) is 4.39 Å². The molecule has 0 fully saturated rings. The third kappa shape index (κ3) is 2.68. The normalized spacial score (nSPS) is 9.00. The van der Waals surface area contributed by atoms with Crippen LogP contribution < -0.4 is 0 Å². The molecule has 0 heterocycles. The fourth-order valence-electron chi connectivity index (χ4n) is 0.926. The summed E-state index contributed by atoms with van der Waals surface area (Å²) in [5.41, 5.74) is 0.572. The maximum Gasteiger partial charge on any atom is 0.150 e. The lowest BCUT2D eigenvalue weighted by Crippen LogP contribution is -1.87. The Labute approximate surface area is 81.4 Å². The highest BCUT2D eigenvalue weighted by Crippen LogP contribution is 2.07. The molecular weight excluding hydrogens is 183 g/mol. The van der Waals surface area contributed by atoms with Gasteiger partial charge in [0.25, 0.3) is 0 Å². The van der Waals surface area contributed by atoms with E-state index in [9.17, 15) is 9.18 Å². The second-order valence-electron chi connectivity index (χ2n) is 2.63. The van der Waals surface area contributed by atoms with E-state index in [0.29, 0.717) is 18.3 Å². The summed E-state index contributed by atoms with van der Waals surface area (Å²) in [4.78, 5) is 10.4. The number of hydrogen-bond donors (Lipinski definition) is 1. The maximum atomic E-state index is 13.1. The average Bonchev–Trinajstić information content (AvgIpc) is 2.21. The van der Waals surface area contributed by atoms with E-state index in [2.05, 4.69) is 11.8 Å². The number of aliphatic hydroxyl groups excluding tert-OH is 1. The van der Waals surface area contributed by atoms with Crippen LogP contribution in [-0.2, 0) is 0 Å². The van der Waals surface area contributed by atoms with Crippen molar-refractivity contribution in [3.8, 4) is 11.8 Å². The highest BCUT2D eigenvalue weighted by atomic mass is 19.1. The van der Waals surface area contributed by atoms with E-state index in [4.69, 9.17) is 5.11 Å². The number of benzene rings is 1. The standard InChI is InChI=1S/C11H9FO2/c12-11-5-4-9(8-14)7-10(11)3-1-2-6-13/h4-5,7-8,13H,2,6H2. The molecule has 14 heavy (non-hydrogen) atoms. The molecule has 1 aromatic rings. The molecule has 0 atom stereocenters. The van der Waals surface area contributed by atoms with Crippen LogP contribution in [0.2, 0.25) is 0 Å². The second kappa shape index (κ2) is 5.15. The minimum Gasteiger partial charge on any atom is -0.395 e. The summed E-state index contributed by atoms with van der Waals surface area (Å²) in [6.07, 6.45) is 0.932. The van der Waals surface area contributed by atoms with Gasteiger partial charge in [-0.25, -0.2) is 4.39 Å². The van der Waals surface area contributed by atoms with Gasteiger partial charge in [-0.05, 0) is 18.2 Å². The SMILES string of the molecule is O=Cc1ccc(F)c(C#CCCO)c1. The van der Waals surface area contributed by atoms with Gasteiger partial charge in [0.1, 0.15) is 12.1 Å². The molecule has 0 bridgehead atoms. The highest BCUT2D eigenvalue weighted by Gasteiger charge is 1.99. The average molecular weight is 192 g/mol. The third-order valence-corrected chi connectivity index (χ3v) is 1.59. The van der Waals surface area contributed by atoms with Crippen molar-refractivity contribution in [1.29, 1.82) is 0 Å².